The fraction of sp³-hybridized carbons (Fsp3) is 0.167. The molecular formula is C18H18N4O. The largest absolute Gasteiger partial charge is 0.348 e. The van der Waals surface area contributed by atoms with Crippen molar-refractivity contribution in [2.45, 2.75) is 19.9 Å². The van der Waals surface area contributed by atoms with Gasteiger partial charge in [-0.1, -0.05) is 25.1 Å². The molecule has 2 heterocycles. The predicted molar refractivity (Wildman–Crippen MR) is 88.3 cm³/mol. The maximum absolute atomic E-state index is 12.3. The van der Waals surface area contributed by atoms with E-state index in [9.17, 15) is 4.79 Å². The highest BCUT2D eigenvalue weighted by molar-refractivity contribution is 5.94. The van der Waals surface area contributed by atoms with Crippen LogP contribution in [0.15, 0.2) is 61.3 Å². The fourth-order valence-electron chi connectivity index (χ4n) is 2.35. The van der Waals surface area contributed by atoms with Crippen molar-refractivity contribution in [2.75, 3.05) is 0 Å². The van der Waals surface area contributed by atoms with Gasteiger partial charge < -0.3 is 5.32 Å². The number of rotatable bonds is 5. The summed E-state index contributed by atoms with van der Waals surface area (Å²) in [7, 11) is 0. The Kier molecular flexibility index (Phi) is 4.47. The van der Waals surface area contributed by atoms with Crippen molar-refractivity contribution in [3.63, 3.8) is 0 Å². The molecule has 23 heavy (non-hydrogen) atoms. The molecule has 5 nitrogen and oxygen atoms in total. The molecule has 0 aliphatic heterocycles. The van der Waals surface area contributed by atoms with Gasteiger partial charge in [-0.3, -0.25) is 9.36 Å². The number of nitrogens with one attached hydrogen (secondary N) is 1. The van der Waals surface area contributed by atoms with E-state index in [0.717, 1.165) is 17.8 Å². The second-order valence-electron chi connectivity index (χ2n) is 5.19. The van der Waals surface area contributed by atoms with Gasteiger partial charge in [-0.25, -0.2) is 9.97 Å². The molecule has 1 amide bonds. The van der Waals surface area contributed by atoms with Crippen molar-refractivity contribution in [2.24, 2.45) is 0 Å². The Morgan fingerprint density at radius 2 is 2.00 bits per heavy atom. The molecule has 0 unspecified atom stereocenters. The van der Waals surface area contributed by atoms with Gasteiger partial charge in [-0.05, 0) is 30.2 Å². The Balaban J connectivity index is 1.72. The van der Waals surface area contributed by atoms with Gasteiger partial charge in [0.15, 0.2) is 0 Å². The minimum Gasteiger partial charge on any atom is -0.348 e. The van der Waals surface area contributed by atoms with Gasteiger partial charge >= 0.3 is 0 Å². The Bertz CT molecular complexity index is 779. The number of pyridine rings is 1. The lowest BCUT2D eigenvalue weighted by atomic mass is 10.1. The summed E-state index contributed by atoms with van der Waals surface area (Å²) in [5, 5.41) is 2.94. The summed E-state index contributed by atoms with van der Waals surface area (Å²) >= 11 is 0. The Labute approximate surface area is 135 Å². The topological polar surface area (TPSA) is 59.8 Å². The quantitative estimate of drug-likeness (QED) is 0.788. The van der Waals surface area contributed by atoms with Crippen LogP contribution in [0.1, 0.15) is 28.4 Å². The van der Waals surface area contributed by atoms with Gasteiger partial charge in [0.1, 0.15) is 12.1 Å². The van der Waals surface area contributed by atoms with Gasteiger partial charge in [-0.15, -0.1) is 0 Å². The summed E-state index contributed by atoms with van der Waals surface area (Å²) < 4.78 is 1.83. The molecule has 3 aromatic rings. The molecule has 3 rings (SSSR count). The van der Waals surface area contributed by atoms with E-state index >= 15 is 0 Å². The number of hydrogen-bond acceptors (Lipinski definition) is 3. The average Bonchev–Trinajstić information content (AvgIpc) is 3.14. The maximum Gasteiger partial charge on any atom is 0.251 e. The molecule has 0 saturated heterocycles. The number of carbonyl (C=O) groups is 1. The van der Waals surface area contributed by atoms with E-state index in [4.69, 9.17) is 0 Å². The van der Waals surface area contributed by atoms with Crippen molar-refractivity contribution < 1.29 is 4.79 Å². The second kappa shape index (κ2) is 6.87. The van der Waals surface area contributed by atoms with Crippen LogP contribution in [0.4, 0.5) is 0 Å². The maximum atomic E-state index is 12.3. The molecule has 1 N–H and O–H groups in total. The van der Waals surface area contributed by atoms with E-state index in [0.29, 0.717) is 12.1 Å². The lowest BCUT2D eigenvalue weighted by Gasteiger charge is -2.10. The zero-order valence-electron chi connectivity index (χ0n) is 12.9. The molecule has 116 valence electrons. The third-order valence-corrected chi connectivity index (χ3v) is 3.68. The molecule has 0 aliphatic rings. The Morgan fingerprint density at radius 3 is 2.70 bits per heavy atom. The first-order chi connectivity index (χ1) is 11.3. The number of benzene rings is 1. The first-order valence-corrected chi connectivity index (χ1v) is 7.57. The van der Waals surface area contributed by atoms with E-state index < -0.39 is 0 Å². The normalized spacial score (nSPS) is 10.5. The number of aryl methyl sites for hydroxylation is 1. The zero-order valence-corrected chi connectivity index (χ0v) is 12.9. The van der Waals surface area contributed by atoms with Crippen molar-refractivity contribution in [1.82, 2.24) is 19.9 Å². The van der Waals surface area contributed by atoms with Gasteiger partial charge in [0.05, 0.1) is 0 Å². The molecular weight excluding hydrogens is 288 g/mol. The van der Waals surface area contributed by atoms with E-state index in [1.54, 1.807) is 18.7 Å². The van der Waals surface area contributed by atoms with E-state index in [-0.39, 0.29) is 5.91 Å². The van der Waals surface area contributed by atoms with E-state index in [1.165, 1.54) is 5.56 Å². The molecule has 0 atom stereocenters. The number of nitrogens with zero attached hydrogens (tertiary/aromatic N) is 3. The van der Waals surface area contributed by atoms with Gasteiger partial charge in [-0.2, -0.15) is 0 Å². The number of aromatic nitrogens is 3. The summed E-state index contributed by atoms with van der Waals surface area (Å²) in [4.78, 5) is 20.7. The van der Waals surface area contributed by atoms with Crippen LogP contribution in [0.25, 0.3) is 5.82 Å². The SMILES string of the molecule is CCc1ccc(C(=O)NCc2cccnc2-n2ccnc2)cc1. The second-order valence-corrected chi connectivity index (χ2v) is 5.19. The van der Waals surface area contributed by atoms with Crippen molar-refractivity contribution in [3.8, 4) is 5.82 Å². The van der Waals surface area contributed by atoms with E-state index in [1.807, 2.05) is 47.2 Å². The lowest BCUT2D eigenvalue weighted by Crippen LogP contribution is -2.23. The number of hydrogen-bond donors (Lipinski definition) is 1. The Morgan fingerprint density at radius 1 is 1.17 bits per heavy atom. The monoisotopic (exact) mass is 306 g/mol. The summed E-state index contributed by atoms with van der Waals surface area (Å²) in [6, 6.07) is 11.5. The number of amides is 1. The molecule has 0 fully saturated rings. The van der Waals surface area contributed by atoms with Crippen LogP contribution in [-0.4, -0.2) is 20.4 Å². The minimum atomic E-state index is -0.0897. The Hall–Kier alpha value is -2.95. The predicted octanol–water partition coefficient (Wildman–Crippen LogP) is 2.76. The van der Waals surface area contributed by atoms with Crippen LogP contribution < -0.4 is 5.32 Å². The smallest absolute Gasteiger partial charge is 0.251 e. The first kappa shape index (κ1) is 15.0. The third-order valence-electron chi connectivity index (χ3n) is 3.68. The van der Waals surface area contributed by atoms with Crippen LogP contribution in [0.2, 0.25) is 0 Å². The van der Waals surface area contributed by atoms with Gasteiger partial charge in [0.25, 0.3) is 5.91 Å². The zero-order chi connectivity index (χ0) is 16.1. The van der Waals surface area contributed by atoms with Crippen LogP contribution in [-0.2, 0) is 13.0 Å². The molecule has 5 heteroatoms. The van der Waals surface area contributed by atoms with Crippen LogP contribution in [0.3, 0.4) is 0 Å². The van der Waals surface area contributed by atoms with Gasteiger partial charge in [0, 0.05) is 36.3 Å². The lowest BCUT2D eigenvalue weighted by molar-refractivity contribution is 0.0951. The number of imidazole rings is 1. The summed E-state index contributed by atoms with van der Waals surface area (Å²) in [6.45, 7) is 2.50. The minimum absolute atomic E-state index is 0.0897. The fourth-order valence-corrected chi connectivity index (χ4v) is 2.35. The highest BCUT2D eigenvalue weighted by atomic mass is 16.1. The van der Waals surface area contributed by atoms with Crippen molar-refractivity contribution >= 4 is 5.91 Å². The number of carbonyl (C=O) groups excluding carboxylic acids is 1. The molecule has 0 radical (unpaired) electrons. The van der Waals surface area contributed by atoms with Crippen LogP contribution >= 0.6 is 0 Å². The molecule has 1 aromatic carbocycles. The van der Waals surface area contributed by atoms with Gasteiger partial charge in [0.2, 0.25) is 0 Å². The molecule has 0 saturated carbocycles. The molecule has 0 bridgehead atoms. The van der Waals surface area contributed by atoms with E-state index in [2.05, 4.69) is 22.2 Å². The highest BCUT2D eigenvalue weighted by Gasteiger charge is 2.09. The van der Waals surface area contributed by atoms with Crippen molar-refractivity contribution in [1.29, 1.82) is 0 Å². The molecule has 0 spiro atoms. The standard InChI is InChI=1S/C18H18N4O/c1-2-14-5-7-15(8-6-14)18(23)21-12-16-4-3-9-20-17(16)22-11-10-19-13-22/h3-11,13H,2,12H2,1H3,(H,21,23). The summed E-state index contributed by atoms with van der Waals surface area (Å²) in [5.74, 6) is 0.680. The summed E-state index contributed by atoms with van der Waals surface area (Å²) in [5.41, 5.74) is 2.82. The highest BCUT2D eigenvalue weighted by Crippen LogP contribution is 2.11. The first-order valence-electron chi connectivity index (χ1n) is 7.57. The average molecular weight is 306 g/mol. The molecule has 2 aromatic heterocycles. The summed E-state index contributed by atoms with van der Waals surface area (Å²) in [6.07, 6.45) is 7.91. The third kappa shape index (κ3) is 3.45. The van der Waals surface area contributed by atoms with Crippen LogP contribution in [0, 0.1) is 0 Å². The molecule has 0 aliphatic carbocycles. The van der Waals surface area contributed by atoms with Crippen LogP contribution in [0.5, 0.6) is 0 Å². The van der Waals surface area contributed by atoms with Crippen molar-refractivity contribution in [3.05, 3.63) is 78.0 Å².